The van der Waals surface area contributed by atoms with E-state index >= 15 is 0 Å². The summed E-state index contributed by atoms with van der Waals surface area (Å²) < 4.78 is 0. The number of aryl methyl sites for hydroxylation is 2. The fraction of sp³-hybridized carbons (Fsp3) is 0.250. The van der Waals surface area contributed by atoms with E-state index in [1.165, 1.54) is 11.1 Å². The standard InChI is InChI=1S/C16H17Cl2N/c1-10-6-11(2)8-12(7-10)16(19)9-13-14(17)4-3-5-15(13)18/h3-8,16H,9,19H2,1-2H3. The van der Waals surface area contributed by atoms with Crippen molar-refractivity contribution in [1.29, 1.82) is 0 Å². The van der Waals surface area contributed by atoms with Crippen LogP contribution in [0.5, 0.6) is 0 Å². The van der Waals surface area contributed by atoms with Crippen LogP contribution in [-0.4, -0.2) is 0 Å². The maximum Gasteiger partial charge on any atom is 0.0453 e. The molecule has 100 valence electrons. The zero-order valence-electron chi connectivity index (χ0n) is 11.1. The molecule has 0 aliphatic rings. The Labute approximate surface area is 124 Å². The highest BCUT2D eigenvalue weighted by atomic mass is 35.5. The van der Waals surface area contributed by atoms with E-state index in [4.69, 9.17) is 28.9 Å². The first kappa shape index (κ1) is 14.4. The molecular formula is C16H17Cl2N. The molecule has 0 amide bonds. The van der Waals surface area contributed by atoms with Crippen molar-refractivity contribution < 1.29 is 0 Å². The molecule has 0 heterocycles. The molecule has 0 spiro atoms. The molecule has 0 saturated heterocycles. The minimum atomic E-state index is -0.101. The first-order valence-corrected chi connectivity index (χ1v) is 6.99. The number of benzene rings is 2. The maximum atomic E-state index is 6.29. The first-order chi connectivity index (χ1) is 8.97. The van der Waals surface area contributed by atoms with Gasteiger partial charge in [0.2, 0.25) is 0 Å². The summed E-state index contributed by atoms with van der Waals surface area (Å²) in [4.78, 5) is 0. The molecule has 0 aliphatic carbocycles. The summed E-state index contributed by atoms with van der Waals surface area (Å²) in [6.07, 6.45) is 0.640. The Morgan fingerprint density at radius 3 is 2.05 bits per heavy atom. The van der Waals surface area contributed by atoms with E-state index in [1.807, 2.05) is 18.2 Å². The lowest BCUT2D eigenvalue weighted by molar-refractivity contribution is 0.720. The van der Waals surface area contributed by atoms with Crippen LogP contribution in [0, 0.1) is 13.8 Å². The van der Waals surface area contributed by atoms with Crippen molar-refractivity contribution in [2.45, 2.75) is 26.3 Å². The smallest absolute Gasteiger partial charge is 0.0453 e. The molecule has 2 aromatic carbocycles. The first-order valence-electron chi connectivity index (χ1n) is 6.24. The van der Waals surface area contributed by atoms with Crippen molar-refractivity contribution >= 4 is 23.2 Å². The summed E-state index contributed by atoms with van der Waals surface area (Å²) >= 11 is 12.4. The quantitative estimate of drug-likeness (QED) is 0.860. The van der Waals surface area contributed by atoms with Crippen molar-refractivity contribution in [2.24, 2.45) is 5.73 Å². The Morgan fingerprint density at radius 2 is 1.53 bits per heavy atom. The van der Waals surface area contributed by atoms with Gasteiger partial charge in [0.15, 0.2) is 0 Å². The predicted molar refractivity (Wildman–Crippen MR) is 83.0 cm³/mol. The number of hydrogen-bond donors (Lipinski definition) is 1. The van der Waals surface area contributed by atoms with Crippen LogP contribution in [0.2, 0.25) is 10.0 Å². The van der Waals surface area contributed by atoms with Crippen LogP contribution in [0.15, 0.2) is 36.4 Å². The fourth-order valence-corrected chi connectivity index (χ4v) is 2.84. The maximum absolute atomic E-state index is 6.29. The molecule has 0 bridgehead atoms. The number of hydrogen-bond acceptors (Lipinski definition) is 1. The minimum Gasteiger partial charge on any atom is -0.324 e. The molecule has 1 nitrogen and oxygen atoms in total. The van der Waals surface area contributed by atoms with E-state index < -0.39 is 0 Å². The zero-order valence-corrected chi connectivity index (χ0v) is 12.6. The van der Waals surface area contributed by atoms with Gasteiger partial charge in [0, 0.05) is 16.1 Å². The minimum absolute atomic E-state index is 0.101. The van der Waals surface area contributed by atoms with Crippen molar-refractivity contribution in [2.75, 3.05) is 0 Å². The van der Waals surface area contributed by atoms with E-state index in [-0.39, 0.29) is 6.04 Å². The van der Waals surface area contributed by atoms with Gasteiger partial charge in [-0.3, -0.25) is 0 Å². The third-order valence-electron chi connectivity index (χ3n) is 3.16. The zero-order chi connectivity index (χ0) is 14.0. The van der Waals surface area contributed by atoms with Gasteiger partial charge in [0.05, 0.1) is 0 Å². The average Bonchev–Trinajstić information content (AvgIpc) is 2.32. The molecule has 0 radical (unpaired) electrons. The van der Waals surface area contributed by atoms with Crippen LogP contribution in [0.1, 0.15) is 28.3 Å². The Bertz CT molecular complexity index is 553. The monoisotopic (exact) mass is 293 g/mol. The van der Waals surface area contributed by atoms with E-state index in [9.17, 15) is 0 Å². The molecule has 3 heteroatoms. The van der Waals surface area contributed by atoms with Crippen molar-refractivity contribution in [3.05, 3.63) is 68.7 Å². The van der Waals surface area contributed by atoms with Gasteiger partial charge >= 0.3 is 0 Å². The third-order valence-corrected chi connectivity index (χ3v) is 3.87. The molecule has 1 unspecified atom stereocenters. The van der Waals surface area contributed by atoms with Crippen molar-refractivity contribution in [1.82, 2.24) is 0 Å². The lowest BCUT2D eigenvalue weighted by atomic mass is 9.96. The van der Waals surface area contributed by atoms with E-state index in [1.54, 1.807) is 0 Å². The van der Waals surface area contributed by atoms with E-state index in [2.05, 4.69) is 32.0 Å². The lowest BCUT2D eigenvalue weighted by Gasteiger charge is -2.15. The summed E-state index contributed by atoms with van der Waals surface area (Å²) in [6.45, 7) is 4.15. The van der Waals surface area contributed by atoms with E-state index in [0.717, 1.165) is 11.1 Å². The molecule has 2 N–H and O–H groups in total. The average molecular weight is 294 g/mol. The van der Waals surface area contributed by atoms with Gasteiger partial charge in [-0.05, 0) is 43.5 Å². The van der Waals surface area contributed by atoms with Crippen LogP contribution < -0.4 is 5.73 Å². The van der Waals surface area contributed by atoms with Gasteiger partial charge in [-0.25, -0.2) is 0 Å². The van der Waals surface area contributed by atoms with Gasteiger partial charge in [0.25, 0.3) is 0 Å². The van der Waals surface area contributed by atoms with Crippen LogP contribution in [0.4, 0.5) is 0 Å². The van der Waals surface area contributed by atoms with Crippen molar-refractivity contribution in [3.8, 4) is 0 Å². The largest absolute Gasteiger partial charge is 0.324 e. The highest BCUT2D eigenvalue weighted by Gasteiger charge is 2.13. The summed E-state index contributed by atoms with van der Waals surface area (Å²) in [5.74, 6) is 0. The molecular weight excluding hydrogens is 277 g/mol. The Kier molecular flexibility index (Phi) is 4.51. The second-order valence-electron chi connectivity index (χ2n) is 4.93. The molecule has 2 aromatic rings. The van der Waals surface area contributed by atoms with Crippen molar-refractivity contribution in [3.63, 3.8) is 0 Å². The summed E-state index contributed by atoms with van der Waals surface area (Å²) in [5.41, 5.74) is 10.8. The number of rotatable bonds is 3. The second-order valence-corrected chi connectivity index (χ2v) is 5.75. The highest BCUT2D eigenvalue weighted by molar-refractivity contribution is 6.36. The third kappa shape index (κ3) is 3.50. The van der Waals surface area contributed by atoms with Gasteiger partial charge in [-0.2, -0.15) is 0 Å². The van der Waals surface area contributed by atoms with Crippen LogP contribution in [0.3, 0.4) is 0 Å². The highest BCUT2D eigenvalue weighted by Crippen LogP contribution is 2.28. The Morgan fingerprint density at radius 1 is 1.00 bits per heavy atom. The lowest BCUT2D eigenvalue weighted by Crippen LogP contribution is -2.14. The normalized spacial score (nSPS) is 12.5. The fourth-order valence-electron chi connectivity index (χ4n) is 2.29. The van der Waals surface area contributed by atoms with E-state index in [0.29, 0.717) is 16.5 Å². The van der Waals surface area contributed by atoms with Crippen LogP contribution in [0.25, 0.3) is 0 Å². The van der Waals surface area contributed by atoms with Gasteiger partial charge in [-0.15, -0.1) is 0 Å². The number of halogens is 2. The SMILES string of the molecule is Cc1cc(C)cc(C(N)Cc2c(Cl)cccc2Cl)c1. The summed E-state index contributed by atoms with van der Waals surface area (Å²) in [6, 6.07) is 11.8. The van der Waals surface area contributed by atoms with Gasteiger partial charge < -0.3 is 5.73 Å². The predicted octanol–water partition coefficient (Wildman–Crippen LogP) is 4.85. The summed E-state index contributed by atoms with van der Waals surface area (Å²) in [7, 11) is 0. The number of nitrogens with two attached hydrogens (primary N) is 1. The molecule has 0 saturated carbocycles. The van der Waals surface area contributed by atoms with Crippen LogP contribution in [-0.2, 0) is 6.42 Å². The van der Waals surface area contributed by atoms with Gasteiger partial charge in [0.1, 0.15) is 0 Å². The molecule has 0 aromatic heterocycles. The Hall–Kier alpha value is -1.02. The molecule has 2 rings (SSSR count). The topological polar surface area (TPSA) is 26.0 Å². The van der Waals surface area contributed by atoms with Crippen LogP contribution >= 0.6 is 23.2 Å². The summed E-state index contributed by atoms with van der Waals surface area (Å²) in [5, 5.41) is 1.35. The second kappa shape index (κ2) is 5.96. The van der Waals surface area contributed by atoms with Gasteiger partial charge in [-0.1, -0.05) is 58.6 Å². The molecule has 0 aliphatic heterocycles. The Balaban J connectivity index is 2.28. The molecule has 19 heavy (non-hydrogen) atoms. The molecule has 1 atom stereocenters. The molecule has 0 fully saturated rings.